The van der Waals surface area contributed by atoms with E-state index in [-0.39, 0.29) is 16.9 Å². The van der Waals surface area contributed by atoms with Crippen molar-refractivity contribution in [3.63, 3.8) is 0 Å². The number of anilines is 1. The van der Waals surface area contributed by atoms with Gasteiger partial charge in [0.1, 0.15) is 5.75 Å². The highest BCUT2D eigenvalue weighted by molar-refractivity contribution is 8.00. The van der Waals surface area contributed by atoms with Gasteiger partial charge in [-0.25, -0.2) is 0 Å². The number of hydrogen-bond donors (Lipinski definition) is 0. The first kappa shape index (κ1) is 24.0. The van der Waals surface area contributed by atoms with Crippen LogP contribution in [0.5, 0.6) is 5.75 Å². The van der Waals surface area contributed by atoms with E-state index in [1.807, 2.05) is 49.4 Å². The van der Waals surface area contributed by atoms with Crippen molar-refractivity contribution in [2.45, 2.75) is 57.0 Å². The van der Waals surface area contributed by atoms with Crippen LogP contribution in [0.1, 0.15) is 49.5 Å². The van der Waals surface area contributed by atoms with E-state index in [1.165, 1.54) is 11.8 Å². The Labute approximate surface area is 204 Å². The van der Waals surface area contributed by atoms with Crippen molar-refractivity contribution < 1.29 is 14.3 Å². The number of carbonyl (C=O) groups excluding carboxylic acids is 2. The highest BCUT2D eigenvalue weighted by Crippen LogP contribution is 2.32. The third-order valence-electron chi connectivity index (χ3n) is 6.09. The molecule has 0 spiro atoms. The number of carbonyl (C=O) groups is 2. The summed E-state index contributed by atoms with van der Waals surface area (Å²) >= 11 is 1.44. The molecule has 2 heterocycles. The normalized spacial score (nSPS) is 13.6. The van der Waals surface area contributed by atoms with Crippen molar-refractivity contribution in [3.8, 4) is 17.1 Å². The number of thioether (sulfide) groups is 1. The van der Waals surface area contributed by atoms with Gasteiger partial charge in [-0.2, -0.15) is 0 Å². The summed E-state index contributed by atoms with van der Waals surface area (Å²) in [5.74, 6) is 1.66. The number of unbranched alkanes of at least 4 members (excludes halogenated alkanes) is 1. The monoisotopic (exact) mass is 478 g/mol. The molecule has 1 unspecified atom stereocenters. The summed E-state index contributed by atoms with van der Waals surface area (Å²) in [6.45, 7) is 7.09. The molecule has 0 radical (unpaired) electrons. The Morgan fingerprint density at radius 3 is 2.59 bits per heavy atom. The number of Topliss-reactive ketones (excluding diaryl/α,β-unsaturated/α-hetero) is 1. The summed E-state index contributed by atoms with van der Waals surface area (Å²) in [5.41, 5.74) is 3.59. The molecule has 1 aromatic heterocycles. The molecule has 1 amide bonds. The van der Waals surface area contributed by atoms with Crippen LogP contribution in [0.15, 0.2) is 47.6 Å². The Hall–Kier alpha value is -3.13. The molecule has 1 atom stereocenters. The minimum Gasteiger partial charge on any atom is -0.497 e. The molecule has 1 aliphatic heterocycles. The topological polar surface area (TPSA) is 77.3 Å². The largest absolute Gasteiger partial charge is 0.497 e. The van der Waals surface area contributed by atoms with Crippen LogP contribution in [0.2, 0.25) is 0 Å². The smallest absolute Gasteiger partial charge is 0.223 e. The molecule has 1 aliphatic rings. The lowest BCUT2D eigenvalue weighted by atomic mass is 10.0. The second-order valence-corrected chi connectivity index (χ2v) is 9.74. The molecule has 3 aromatic rings. The number of aromatic nitrogens is 3. The highest BCUT2D eigenvalue weighted by Gasteiger charge is 2.26. The van der Waals surface area contributed by atoms with Gasteiger partial charge in [-0.1, -0.05) is 25.1 Å². The van der Waals surface area contributed by atoms with E-state index in [1.54, 1.807) is 18.9 Å². The molecule has 2 aromatic carbocycles. The van der Waals surface area contributed by atoms with Gasteiger partial charge in [0, 0.05) is 36.8 Å². The summed E-state index contributed by atoms with van der Waals surface area (Å²) in [5, 5.41) is 9.31. The second-order valence-electron chi connectivity index (χ2n) is 8.43. The Morgan fingerprint density at radius 1 is 1.15 bits per heavy atom. The minimum atomic E-state index is -0.323. The van der Waals surface area contributed by atoms with E-state index in [0.29, 0.717) is 12.1 Å². The number of hydrogen-bond acceptors (Lipinski definition) is 6. The lowest BCUT2D eigenvalue weighted by Gasteiger charge is -2.16. The van der Waals surface area contributed by atoms with E-state index in [9.17, 15) is 9.59 Å². The molecule has 0 bridgehead atoms. The fourth-order valence-electron chi connectivity index (χ4n) is 4.18. The van der Waals surface area contributed by atoms with Gasteiger partial charge < -0.3 is 14.2 Å². The Kier molecular flexibility index (Phi) is 7.36. The van der Waals surface area contributed by atoms with Crippen molar-refractivity contribution in [1.29, 1.82) is 0 Å². The first-order valence-electron chi connectivity index (χ1n) is 11.6. The lowest BCUT2D eigenvalue weighted by Crippen LogP contribution is -2.25. The van der Waals surface area contributed by atoms with Gasteiger partial charge in [0.05, 0.1) is 12.4 Å². The van der Waals surface area contributed by atoms with E-state index in [0.717, 1.165) is 59.4 Å². The van der Waals surface area contributed by atoms with Crippen LogP contribution in [0, 0.1) is 0 Å². The molecule has 7 nitrogen and oxygen atoms in total. The van der Waals surface area contributed by atoms with Crippen molar-refractivity contribution >= 4 is 29.1 Å². The predicted molar refractivity (Wildman–Crippen MR) is 135 cm³/mol. The lowest BCUT2D eigenvalue weighted by molar-refractivity contribution is -0.116. The van der Waals surface area contributed by atoms with E-state index in [4.69, 9.17) is 4.74 Å². The number of ketones is 1. The summed E-state index contributed by atoms with van der Waals surface area (Å²) < 4.78 is 7.37. The van der Waals surface area contributed by atoms with Crippen LogP contribution in [-0.2, 0) is 17.8 Å². The summed E-state index contributed by atoms with van der Waals surface area (Å²) in [6, 6.07) is 13.4. The zero-order valence-electron chi connectivity index (χ0n) is 20.1. The molecule has 0 fully saturated rings. The number of amides is 1. The van der Waals surface area contributed by atoms with Crippen LogP contribution < -0.4 is 9.64 Å². The zero-order chi connectivity index (χ0) is 24.2. The van der Waals surface area contributed by atoms with Crippen LogP contribution in [-0.4, -0.2) is 45.4 Å². The van der Waals surface area contributed by atoms with Crippen LogP contribution in [0.25, 0.3) is 11.4 Å². The Morgan fingerprint density at radius 2 is 1.91 bits per heavy atom. The predicted octanol–water partition coefficient (Wildman–Crippen LogP) is 5.03. The molecule has 0 saturated carbocycles. The molecule has 0 aliphatic carbocycles. The average Bonchev–Trinajstić information content (AvgIpc) is 3.46. The SMILES string of the molecule is CCCCn1c(SC(C)C(=O)c2ccc3c(c2)CCN3C(C)=O)nnc1-c1ccc(OC)cc1. The zero-order valence-corrected chi connectivity index (χ0v) is 20.9. The van der Waals surface area contributed by atoms with Crippen molar-refractivity contribution in [3.05, 3.63) is 53.6 Å². The van der Waals surface area contributed by atoms with Crippen LogP contribution in [0.4, 0.5) is 5.69 Å². The second kappa shape index (κ2) is 10.4. The van der Waals surface area contributed by atoms with Crippen molar-refractivity contribution in [2.75, 3.05) is 18.6 Å². The molecule has 178 valence electrons. The molecule has 0 saturated heterocycles. The molecule has 0 N–H and O–H groups in total. The van der Waals surface area contributed by atoms with E-state index < -0.39 is 0 Å². The van der Waals surface area contributed by atoms with Gasteiger partial charge in [0.25, 0.3) is 0 Å². The third kappa shape index (κ3) is 4.87. The number of rotatable bonds is 9. The highest BCUT2D eigenvalue weighted by atomic mass is 32.2. The maximum absolute atomic E-state index is 13.3. The first-order chi connectivity index (χ1) is 16.4. The van der Waals surface area contributed by atoms with Gasteiger partial charge in [0.2, 0.25) is 5.91 Å². The van der Waals surface area contributed by atoms with E-state index >= 15 is 0 Å². The number of ether oxygens (including phenoxy) is 1. The maximum Gasteiger partial charge on any atom is 0.223 e. The third-order valence-corrected chi connectivity index (χ3v) is 7.17. The standard InChI is InChI=1S/C26H30N4O3S/c1-5-6-14-30-25(19-7-10-22(33-4)11-8-19)27-28-26(30)34-17(2)24(32)21-9-12-23-20(16-21)13-15-29(23)18(3)31/h7-12,16-17H,5-6,13-15H2,1-4H3. The summed E-state index contributed by atoms with van der Waals surface area (Å²) in [4.78, 5) is 26.8. The van der Waals surface area contributed by atoms with Gasteiger partial charge in [-0.05, 0) is 67.8 Å². The number of benzene rings is 2. The first-order valence-corrected chi connectivity index (χ1v) is 12.5. The quantitative estimate of drug-likeness (QED) is 0.317. The number of nitrogens with zero attached hydrogens (tertiary/aromatic N) is 4. The molecular weight excluding hydrogens is 448 g/mol. The van der Waals surface area contributed by atoms with Crippen molar-refractivity contribution in [2.24, 2.45) is 0 Å². The molecule has 34 heavy (non-hydrogen) atoms. The molecular formula is C26H30N4O3S. The van der Waals surface area contributed by atoms with Crippen LogP contribution in [0.3, 0.4) is 0 Å². The number of methoxy groups -OCH3 is 1. The molecule has 8 heteroatoms. The van der Waals surface area contributed by atoms with Gasteiger partial charge in [-0.15, -0.1) is 10.2 Å². The van der Waals surface area contributed by atoms with Gasteiger partial charge >= 0.3 is 0 Å². The Bertz CT molecular complexity index is 1190. The fraction of sp³-hybridized carbons (Fsp3) is 0.385. The fourth-order valence-corrected chi connectivity index (χ4v) is 5.13. The van der Waals surface area contributed by atoms with E-state index in [2.05, 4.69) is 21.7 Å². The molecule has 4 rings (SSSR count). The van der Waals surface area contributed by atoms with Gasteiger partial charge in [-0.3, -0.25) is 9.59 Å². The summed E-state index contributed by atoms with van der Waals surface area (Å²) in [7, 11) is 1.65. The maximum atomic E-state index is 13.3. The van der Waals surface area contributed by atoms with Crippen LogP contribution >= 0.6 is 11.8 Å². The minimum absolute atomic E-state index is 0.0285. The average molecular weight is 479 g/mol. The summed E-state index contributed by atoms with van der Waals surface area (Å²) in [6.07, 6.45) is 2.81. The van der Waals surface area contributed by atoms with Gasteiger partial charge in [0.15, 0.2) is 16.8 Å². The van der Waals surface area contributed by atoms with Crippen molar-refractivity contribution in [1.82, 2.24) is 14.8 Å². The Balaban J connectivity index is 1.55. The number of fused-ring (bicyclic) bond motifs is 1.